The number of aliphatic hydroxyl groups excluding tert-OH is 16. The standard InChI is InChI=1S/C56H92O22S/c1-35(20-25-48(69)51(71)52(72)50(78-79(73,74)75)33-42(63)13-7-8-26-57)28-46(67)32-44(65)24-23-43(64)31-41(62)16-9-14-39(60)29-36(2)30-40(61)15-10-17-45(66)34-56(4)55(77-56)54-53(76-54)49(70)18-6-5-12-38(59)22-21-37(3)47(68)19-11-27-58/h5-7,9-11,13-14,17,19-25,30,35,37-55,57-72H,8,12,15-16,18,26-29,31-34H2,1-4H3,(H,73,74,75). The fourth-order valence-electron chi connectivity index (χ4n) is 8.66. The first-order valence-corrected chi connectivity index (χ1v) is 28.2. The van der Waals surface area contributed by atoms with Gasteiger partial charge in [-0.15, -0.1) is 0 Å². The molecular formula is C56H92O22S. The minimum Gasteiger partial charge on any atom is -0.396 e. The minimum atomic E-state index is -5.15. The first-order valence-electron chi connectivity index (χ1n) is 26.8. The van der Waals surface area contributed by atoms with E-state index in [-0.39, 0.29) is 82.7 Å². The molecule has 2 rings (SSSR count). The third-order valence-corrected chi connectivity index (χ3v) is 13.6. The number of ether oxygens (including phenoxy) is 2. The van der Waals surface area contributed by atoms with E-state index in [2.05, 4.69) is 4.18 Å². The van der Waals surface area contributed by atoms with Gasteiger partial charge in [0.25, 0.3) is 0 Å². The van der Waals surface area contributed by atoms with Gasteiger partial charge in [0.1, 0.15) is 42.7 Å². The van der Waals surface area contributed by atoms with Crippen molar-refractivity contribution in [2.24, 2.45) is 11.8 Å². The lowest BCUT2D eigenvalue weighted by Crippen LogP contribution is -2.46. The van der Waals surface area contributed by atoms with Gasteiger partial charge < -0.3 is 91.2 Å². The molecule has 2 aliphatic heterocycles. The van der Waals surface area contributed by atoms with Crippen LogP contribution in [-0.2, 0) is 24.1 Å². The molecule has 21 atom stereocenters. The number of hydrogen-bond donors (Lipinski definition) is 17. The van der Waals surface area contributed by atoms with E-state index in [9.17, 15) is 79.9 Å². The summed E-state index contributed by atoms with van der Waals surface area (Å²) in [6.07, 6.45) is 6.24. The molecule has 17 N–H and O–H groups in total. The van der Waals surface area contributed by atoms with E-state index in [4.69, 9.17) is 24.2 Å². The number of rotatable bonds is 42. The molecule has 0 aliphatic carbocycles. The maximum atomic E-state index is 11.3. The average Bonchev–Trinajstić information content (AvgIpc) is 4.30. The highest BCUT2D eigenvalue weighted by molar-refractivity contribution is 7.80. The normalized spacial score (nSPS) is 26.2. The van der Waals surface area contributed by atoms with Crippen molar-refractivity contribution in [1.82, 2.24) is 0 Å². The van der Waals surface area contributed by atoms with E-state index in [1.54, 1.807) is 69.4 Å². The van der Waals surface area contributed by atoms with Crippen LogP contribution in [0.25, 0.3) is 0 Å². The van der Waals surface area contributed by atoms with Gasteiger partial charge in [0, 0.05) is 38.2 Å². The maximum Gasteiger partial charge on any atom is 0.397 e. The van der Waals surface area contributed by atoms with Crippen molar-refractivity contribution in [2.75, 3.05) is 13.2 Å². The Labute approximate surface area is 464 Å². The highest BCUT2D eigenvalue weighted by Crippen LogP contribution is 2.50. The largest absolute Gasteiger partial charge is 0.397 e. The summed E-state index contributed by atoms with van der Waals surface area (Å²) < 4.78 is 47.8. The molecule has 0 aromatic rings. The molecule has 0 saturated carbocycles. The van der Waals surface area contributed by atoms with E-state index < -0.39 is 126 Å². The molecule has 0 amide bonds. The van der Waals surface area contributed by atoms with Crippen LogP contribution in [-0.4, -0.2) is 223 Å². The Balaban J connectivity index is 1.68. The van der Waals surface area contributed by atoms with Gasteiger partial charge in [0.15, 0.2) is 0 Å². The van der Waals surface area contributed by atoms with Crippen molar-refractivity contribution >= 4 is 10.4 Å². The topological polar surface area (TPSA) is 412 Å². The third kappa shape index (κ3) is 31.2. The molecule has 2 fully saturated rings. The zero-order valence-electron chi connectivity index (χ0n) is 45.6. The molecule has 0 spiro atoms. The van der Waals surface area contributed by atoms with E-state index in [1.807, 2.05) is 6.92 Å². The Morgan fingerprint density at radius 1 is 0.582 bits per heavy atom. The molecule has 2 heterocycles. The van der Waals surface area contributed by atoms with Crippen molar-refractivity contribution in [3.05, 3.63) is 109 Å². The molecule has 22 nitrogen and oxygen atoms in total. The van der Waals surface area contributed by atoms with Crippen molar-refractivity contribution in [1.29, 1.82) is 0 Å². The van der Waals surface area contributed by atoms with Gasteiger partial charge in [-0.1, -0.05) is 123 Å². The summed E-state index contributed by atoms with van der Waals surface area (Å²) in [6, 6.07) is 0. The van der Waals surface area contributed by atoms with Crippen LogP contribution < -0.4 is 0 Å². The second-order valence-electron chi connectivity index (χ2n) is 21.0. The van der Waals surface area contributed by atoms with E-state index in [1.165, 1.54) is 48.6 Å². The van der Waals surface area contributed by atoms with Crippen LogP contribution in [0.1, 0.15) is 98.3 Å². The van der Waals surface area contributed by atoms with Crippen LogP contribution in [0.3, 0.4) is 0 Å². The van der Waals surface area contributed by atoms with Crippen LogP contribution in [0.5, 0.6) is 0 Å². The first kappa shape index (κ1) is 71.9. The number of allylic oxidation sites excluding steroid dienone is 1. The highest BCUT2D eigenvalue weighted by atomic mass is 32.3. The summed E-state index contributed by atoms with van der Waals surface area (Å²) in [5, 5.41) is 164. The molecule has 0 aromatic heterocycles. The molecule has 23 heteroatoms. The summed E-state index contributed by atoms with van der Waals surface area (Å²) in [5.41, 5.74) is 0.0395. The Kier molecular flexibility index (Phi) is 33.8. The predicted octanol–water partition coefficient (Wildman–Crippen LogP) is 0.0957. The lowest BCUT2D eigenvalue weighted by Gasteiger charge is -2.28. The molecule has 79 heavy (non-hydrogen) atoms. The molecule has 0 aromatic carbocycles. The average molecular weight is 1150 g/mol. The maximum absolute atomic E-state index is 11.3. The minimum absolute atomic E-state index is 0.0641. The van der Waals surface area contributed by atoms with E-state index in [0.717, 1.165) is 6.08 Å². The van der Waals surface area contributed by atoms with Crippen molar-refractivity contribution < 1.29 is 108 Å². The molecule has 2 aliphatic rings. The quantitative estimate of drug-likeness (QED) is 0.0219. The predicted molar refractivity (Wildman–Crippen MR) is 293 cm³/mol. The zero-order chi connectivity index (χ0) is 59.5. The fraction of sp³-hybridized carbons (Fsp3) is 0.679. The van der Waals surface area contributed by atoms with Gasteiger partial charge in [0.05, 0.1) is 79.4 Å². The van der Waals surface area contributed by atoms with Crippen molar-refractivity contribution in [3.63, 3.8) is 0 Å². The molecule has 21 unspecified atom stereocenters. The summed E-state index contributed by atoms with van der Waals surface area (Å²) in [5.74, 6) is -0.705. The van der Waals surface area contributed by atoms with Crippen LogP contribution in [0.15, 0.2) is 109 Å². The number of hydrogen-bond acceptors (Lipinski definition) is 21. The monoisotopic (exact) mass is 1150 g/mol. The second-order valence-corrected chi connectivity index (χ2v) is 22.0. The summed E-state index contributed by atoms with van der Waals surface area (Å²) in [4.78, 5) is 0. The Morgan fingerprint density at radius 2 is 1.16 bits per heavy atom. The number of aliphatic hydroxyl groups is 16. The Bertz CT molecular complexity index is 2090. The van der Waals surface area contributed by atoms with Gasteiger partial charge >= 0.3 is 10.4 Å². The van der Waals surface area contributed by atoms with Crippen LogP contribution in [0.2, 0.25) is 0 Å². The molecule has 0 radical (unpaired) electrons. The zero-order valence-corrected chi connectivity index (χ0v) is 46.4. The molecule has 0 bridgehead atoms. The van der Waals surface area contributed by atoms with Crippen LogP contribution in [0, 0.1) is 11.8 Å². The SMILES string of the molecule is CC(=CC(O)CC=CC(O)CC1(C)OC1C1OC1C(O)CC=CCC(O)C=CC(C)C(O)C=CCO)CC(O)C=CCC(O)CC(O)C=CC(O)CC(O)CC(C)C=CC(O)C(O)C(O)C(CC(O)C=CCCO)OS(=O)(=O)O. The smallest absolute Gasteiger partial charge is 0.396 e. The number of epoxide rings is 2. The van der Waals surface area contributed by atoms with Crippen LogP contribution >= 0.6 is 0 Å². The van der Waals surface area contributed by atoms with Crippen molar-refractivity contribution in [3.8, 4) is 0 Å². The fourth-order valence-corrected chi connectivity index (χ4v) is 9.17. The summed E-state index contributed by atoms with van der Waals surface area (Å²) in [6.45, 7) is 6.64. The molecule has 454 valence electrons. The molecular weight excluding hydrogens is 1060 g/mol. The first-order chi connectivity index (χ1) is 37.1. The van der Waals surface area contributed by atoms with Crippen LogP contribution in [0.4, 0.5) is 0 Å². The van der Waals surface area contributed by atoms with Crippen molar-refractivity contribution in [2.45, 2.75) is 214 Å². The lowest BCUT2D eigenvalue weighted by molar-refractivity contribution is -0.0931. The van der Waals surface area contributed by atoms with Gasteiger partial charge in [-0.05, 0) is 64.7 Å². The van der Waals surface area contributed by atoms with Gasteiger partial charge in [0.2, 0.25) is 0 Å². The molecule has 2 saturated heterocycles. The van der Waals surface area contributed by atoms with Gasteiger partial charge in [-0.25, -0.2) is 4.18 Å². The van der Waals surface area contributed by atoms with Gasteiger partial charge in [-0.3, -0.25) is 4.55 Å². The lowest BCUT2D eigenvalue weighted by atomic mass is 9.95. The van der Waals surface area contributed by atoms with Gasteiger partial charge in [-0.2, -0.15) is 8.42 Å². The Morgan fingerprint density at radius 3 is 1.81 bits per heavy atom. The Hall–Kier alpha value is -3.19. The summed E-state index contributed by atoms with van der Waals surface area (Å²) >= 11 is 0. The summed E-state index contributed by atoms with van der Waals surface area (Å²) in [7, 11) is -5.15. The van der Waals surface area contributed by atoms with E-state index >= 15 is 0 Å². The van der Waals surface area contributed by atoms with E-state index in [0.29, 0.717) is 18.4 Å². The third-order valence-electron chi connectivity index (χ3n) is 13.2. The highest BCUT2D eigenvalue weighted by Gasteiger charge is 2.65. The second kappa shape index (κ2) is 37.1.